The summed E-state index contributed by atoms with van der Waals surface area (Å²) in [4.78, 5) is 14.7. The average Bonchev–Trinajstić information content (AvgIpc) is 3.58. The zero-order valence-electron chi connectivity index (χ0n) is 23.6. The Morgan fingerprint density at radius 3 is 2.71 bits per heavy atom. The van der Waals surface area contributed by atoms with Crippen LogP contribution >= 0.6 is 0 Å². The van der Waals surface area contributed by atoms with Crippen molar-refractivity contribution < 1.29 is 18.3 Å². The molecule has 214 valence electrons. The van der Waals surface area contributed by atoms with Gasteiger partial charge in [0.15, 0.2) is 0 Å². The Labute approximate surface area is 240 Å². The molecule has 2 aliphatic heterocycles. The van der Waals surface area contributed by atoms with Crippen LogP contribution in [0.1, 0.15) is 59.9 Å². The summed E-state index contributed by atoms with van der Waals surface area (Å²) >= 11 is 0. The second-order valence-electron chi connectivity index (χ2n) is 11.1. The van der Waals surface area contributed by atoms with Crippen molar-refractivity contribution >= 4 is 32.7 Å². The molecule has 0 unspecified atom stereocenters. The van der Waals surface area contributed by atoms with Crippen molar-refractivity contribution in [1.29, 1.82) is 0 Å². The van der Waals surface area contributed by atoms with Gasteiger partial charge in [-0.05, 0) is 79.6 Å². The van der Waals surface area contributed by atoms with Crippen molar-refractivity contribution in [2.45, 2.75) is 70.0 Å². The lowest BCUT2D eigenvalue weighted by Crippen LogP contribution is -2.39. The third-order valence-electron chi connectivity index (χ3n) is 8.74. The van der Waals surface area contributed by atoms with Gasteiger partial charge >= 0.3 is 5.97 Å². The lowest BCUT2D eigenvalue weighted by molar-refractivity contribution is -0.137. The number of benzene rings is 3. The molecule has 1 fully saturated rings. The molecule has 4 aromatic rings. The molecule has 0 amide bonds. The highest BCUT2D eigenvalue weighted by atomic mass is 32.2. The Hall–Kier alpha value is -3.76. The van der Waals surface area contributed by atoms with E-state index in [4.69, 9.17) is 0 Å². The molecular weight excluding hydrogens is 538 g/mol. The van der Waals surface area contributed by atoms with Crippen LogP contribution in [0.2, 0.25) is 0 Å². The van der Waals surface area contributed by atoms with Gasteiger partial charge in [0.1, 0.15) is 10.4 Å². The highest BCUT2D eigenvalue weighted by molar-refractivity contribution is 7.89. The van der Waals surface area contributed by atoms with E-state index in [9.17, 15) is 18.3 Å². The summed E-state index contributed by atoms with van der Waals surface area (Å²) in [5.41, 5.74) is 6.95. The Kier molecular flexibility index (Phi) is 7.07. The molecule has 1 saturated heterocycles. The number of sulfonamides is 1. The topological polar surface area (TPSA) is 109 Å². The van der Waals surface area contributed by atoms with Gasteiger partial charge in [-0.1, -0.05) is 41.6 Å². The normalized spacial score (nSPS) is 19.1. The highest BCUT2D eigenvalue weighted by Crippen LogP contribution is 2.39. The van der Waals surface area contributed by atoms with Crippen LogP contribution in [0.4, 0.5) is 5.69 Å². The molecule has 41 heavy (non-hydrogen) atoms. The molecule has 6 rings (SSSR count). The first-order valence-electron chi connectivity index (χ1n) is 14.2. The second-order valence-corrected chi connectivity index (χ2v) is 13.1. The number of hydrogen-bond acceptors (Lipinski definition) is 6. The van der Waals surface area contributed by atoms with Crippen LogP contribution < -0.4 is 4.90 Å². The number of para-hydroxylation sites is 1. The minimum Gasteiger partial charge on any atom is -0.481 e. The number of rotatable bonds is 7. The standard InChI is InChI=1S/C31H35N5O4S/c1-4-36-28-14-13-25(21(3)31(28)32-33-36)26(17-30(37)38)22-12-11-20(2)23(16-22)18-34-19-24-8-7-15-35(24)27-9-5-6-10-29(27)41(34,39)40/h5-6,9-14,16,24,26H,4,7-8,15,17-19H2,1-3H3,(H,37,38)/t24-,26-/m1/s1. The molecule has 3 heterocycles. The first kappa shape index (κ1) is 27.4. The molecule has 0 spiro atoms. The fraction of sp³-hybridized carbons (Fsp3) is 0.387. The van der Waals surface area contributed by atoms with Gasteiger partial charge in [-0.3, -0.25) is 4.79 Å². The maximum absolute atomic E-state index is 14.0. The van der Waals surface area contributed by atoms with Crippen LogP contribution in [0.15, 0.2) is 59.5 Å². The zero-order chi connectivity index (χ0) is 28.9. The summed E-state index contributed by atoms with van der Waals surface area (Å²) in [6, 6.07) is 17.3. The summed E-state index contributed by atoms with van der Waals surface area (Å²) in [6.07, 6.45) is 1.89. The number of aromatic nitrogens is 3. The van der Waals surface area contributed by atoms with Crippen molar-refractivity contribution in [2.24, 2.45) is 0 Å². The van der Waals surface area contributed by atoms with Gasteiger partial charge in [0.2, 0.25) is 10.0 Å². The predicted octanol–water partition coefficient (Wildman–Crippen LogP) is 4.85. The second kappa shape index (κ2) is 10.6. The maximum atomic E-state index is 14.0. The quantitative estimate of drug-likeness (QED) is 0.337. The summed E-state index contributed by atoms with van der Waals surface area (Å²) in [7, 11) is -3.73. The van der Waals surface area contributed by atoms with Gasteiger partial charge in [-0.15, -0.1) is 5.10 Å². The minimum absolute atomic E-state index is 0.0941. The van der Waals surface area contributed by atoms with Gasteiger partial charge < -0.3 is 10.0 Å². The monoisotopic (exact) mass is 573 g/mol. The SMILES string of the molecule is CCn1nnc2c(C)c([C@H](CC(=O)O)c3ccc(C)c(CN4C[C@H]5CCCN5c5ccccc5S4(=O)=O)c3)ccc21. The lowest BCUT2D eigenvalue weighted by atomic mass is 9.84. The molecule has 10 heteroatoms. The average molecular weight is 574 g/mol. The van der Waals surface area contributed by atoms with E-state index in [-0.39, 0.29) is 19.0 Å². The number of hydrogen-bond donors (Lipinski definition) is 1. The number of nitrogens with zero attached hydrogens (tertiary/aromatic N) is 5. The number of carbonyl (C=O) groups is 1. The van der Waals surface area contributed by atoms with Gasteiger partial charge in [0.05, 0.1) is 17.6 Å². The van der Waals surface area contributed by atoms with Crippen molar-refractivity contribution in [3.8, 4) is 0 Å². The predicted molar refractivity (Wildman–Crippen MR) is 158 cm³/mol. The third-order valence-corrected chi connectivity index (χ3v) is 10.6. The molecule has 0 aliphatic carbocycles. The first-order valence-corrected chi connectivity index (χ1v) is 15.6. The number of fused-ring (bicyclic) bond motifs is 4. The van der Waals surface area contributed by atoms with E-state index in [1.54, 1.807) is 16.4 Å². The summed E-state index contributed by atoms with van der Waals surface area (Å²) < 4.78 is 31.4. The molecule has 1 N–H and O–H groups in total. The largest absolute Gasteiger partial charge is 0.481 e. The number of carboxylic acid groups (broad SMARTS) is 1. The molecule has 0 bridgehead atoms. The molecule has 0 radical (unpaired) electrons. The van der Waals surface area contributed by atoms with E-state index < -0.39 is 21.9 Å². The van der Waals surface area contributed by atoms with Crippen molar-refractivity contribution in [2.75, 3.05) is 18.0 Å². The van der Waals surface area contributed by atoms with Crippen LogP contribution in [0.25, 0.3) is 11.0 Å². The van der Waals surface area contributed by atoms with Crippen molar-refractivity contribution in [3.05, 3.63) is 82.4 Å². The molecule has 9 nitrogen and oxygen atoms in total. The number of anilines is 1. The van der Waals surface area contributed by atoms with E-state index in [0.29, 0.717) is 18.0 Å². The van der Waals surface area contributed by atoms with E-state index in [0.717, 1.165) is 63.9 Å². The van der Waals surface area contributed by atoms with Crippen molar-refractivity contribution in [3.63, 3.8) is 0 Å². The van der Waals surface area contributed by atoms with Gasteiger partial charge in [-0.2, -0.15) is 4.31 Å². The summed E-state index contributed by atoms with van der Waals surface area (Å²) in [6.45, 7) is 8.14. The van der Waals surface area contributed by atoms with Crippen LogP contribution in [0, 0.1) is 13.8 Å². The number of aryl methyl sites for hydroxylation is 3. The van der Waals surface area contributed by atoms with Crippen molar-refractivity contribution in [1.82, 2.24) is 19.3 Å². The van der Waals surface area contributed by atoms with Gasteiger partial charge in [-0.25, -0.2) is 13.1 Å². The lowest BCUT2D eigenvalue weighted by Gasteiger charge is -2.27. The molecule has 2 aliphatic rings. The van der Waals surface area contributed by atoms with Gasteiger partial charge in [0.25, 0.3) is 0 Å². The van der Waals surface area contributed by atoms with Crippen LogP contribution in [0.5, 0.6) is 0 Å². The smallest absolute Gasteiger partial charge is 0.304 e. The Bertz CT molecular complexity index is 1750. The fourth-order valence-electron chi connectivity index (χ4n) is 6.52. The van der Waals surface area contributed by atoms with E-state index in [1.807, 2.05) is 67.9 Å². The summed E-state index contributed by atoms with van der Waals surface area (Å²) in [5, 5.41) is 18.5. The number of aliphatic carboxylic acids is 1. The summed E-state index contributed by atoms with van der Waals surface area (Å²) in [5.74, 6) is -1.32. The number of carboxylic acids is 1. The Morgan fingerprint density at radius 1 is 1.12 bits per heavy atom. The zero-order valence-corrected chi connectivity index (χ0v) is 24.4. The Morgan fingerprint density at radius 2 is 1.93 bits per heavy atom. The highest BCUT2D eigenvalue weighted by Gasteiger charge is 2.39. The third kappa shape index (κ3) is 4.78. The van der Waals surface area contributed by atoms with Crippen LogP contribution in [-0.4, -0.2) is 57.9 Å². The molecular formula is C31H35N5O4S. The van der Waals surface area contributed by atoms with Crippen LogP contribution in [0.3, 0.4) is 0 Å². The molecule has 0 saturated carbocycles. The minimum atomic E-state index is -3.73. The Balaban J connectivity index is 1.40. The van der Waals surface area contributed by atoms with E-state index in [2.05, 4.69) is 15.2 Å². The molecule has 2 atom stereocenters. The molecule has 1 aromatic heterocycles. The maximum Gasteiger partial charge on any atom is 0.304 e. The molecule has 3 aromatic carbocycles. The van der Waals surface area contributed by atoms with E-state index >= 15 is 0 Å². The van der Waals surface area contributed by atoms with E-state index in [1.165, 1.54) is 0 Å². The first-order chi connectivity index (χ1) is 19.7. The fourth-order valence-corrected chi connectivity index (χ4v) is 8.18. The van der Waals surface area contributed by atoms with Crippen LogP contribution in [-0.2, 0) is 27.9 Å². The van der Waals surface area contributed by atoms with Gasteiger partial charge in [0, 0.05) is 38.1 Å².